The van der Waals surface area contributed by atoms with E-state index in [1.807, 2.05) is 42.6 Å². The largest absolute Gasteiger partial charge is 0.486 e. The third kappa shape index (κ3) is 3.76. The average molecular weight is 332 g/mol. The van der Waals surface area contributed by atoms with Crippen LogP contribution in [0.5, 0.6) is 11.5 Å². The lowest BCUT2D eigenvalue weighted by molar-refractivity contribution is 0.171. The summed E-state index contributed by atoms with van der Waals surface area (Å²) in [5, 5.41) is 5.02. The number of ether oxygens (including phenoxy) is 2. The minimum Gasteiger partial charge on any atom is -0.486 e. The summed E-state index contributed by atoms with van der Waals surface area (Å²) >= 11 is 1.64. The monoisotopic (exact) mass is 332 g/mol. The van der Waals surface area contributed by atoms with Gasteiger partial charge in [-0.25, -0.2) is 4.79 Å². The van der Waals surface area contributed by atoms with E-state index in [2.05, 4.69) is 5.32 Å². The molecule has 0 fully saturated rings. The molecule has 0 spiro atoms. The Kier molecular flexibility index (Phi) is 4.71. The molecule has 2 aromatic rings. The van der Waals surface area contributed by atoms with Crippen LogP contribution >= 0.6 is 11.3 Å². The van der Waals surface area contributed by atoms with E-state index in [1.165, 1.54) is 0 Å². The second-order valence-electron chi connectivity index (χ2n) is 5.52. The fraction of sp³-hybridized carbons (Fsp3) is 0.353. The SMILES string of the molecule is C[C@@H](NC(=O)N(C)Cc1ccc2c(c1)OCCO2)c1cccs1. The molecule has 3 rings (SSSR count). The lowest BCUT2D eigenvalue weighted by Gasteiger charge is -2.22. The highest BCUT2D eigenvalue weighted by Gasteiger charge is 2.16. The Hall–Kier alpha value is -2.21. The highest BCUT2D eigenvalue weighted by molar-refractivity contribution is 7.10. The molecule has 0 radical (unpaired) electrons. The van der Waals surface area contributed by atoms with Gasteiger partial charge in [0.25, 0.3) is 0 Å². The minimum absolute atomic E-state index is 0.00483. The zero-order valence-corrected chi connectivity index (χ0v) is 14.1. The van der Waals surface area contributed by atoms with Crippen molar-refractivity contribution in [2.75, 3.05) is 20.3 Å². The lowest BCUT2D eigenvalue weighted by Crippen LogP contribution is -2.38. The van der Waals surface area contributed by atoms with E-state index in [-0.39, 0.29) is 12.1 Å². The van der Waals surface area contributed by atoms with Crippen LogP contribution in [-0.2, 0) is 6.54 Å². The number of fused-ring (bicyclic) bond motifs is 1. The Morgan fingerprint density at radius 2 is 2.09 bits per heavy atom. The molecule has 0 saturated carbocycles. The van der Waals surface area contributed by atoms with Gasteiger partial charge < -0.3 is 19.7 Å². The van der Waals surface area contributed by atoms with Crippen molar-refractivity contribution in [3.63, 3.8) is 0 Å². The number of carbonyl (C=O) groups is 1. The summed E-state index contributed by atoms with van der Waals surface area (Å²) in [7, 11) is 1.79. The Morgan fingerprint density at radius 3 is 2.83 bits per heavy atom. The number of amides is 2. The van der Waals surface area contributed by atoms with E-state index in [0.29, 0.717) is 19.8 Å². The van der Waals surface area contributed by atoms with Gasteiger partial charge in [0, 0.05) is 18.5 Å². The molecular formula is C17H20N2O3S. The third-order valence-electron chi connectivity index (χ3n) is 3.68. The maximum Gasteiger partial charge on any atom is 0.317 e. The number of nitrogens with zero attached hydrogens (tertiary/aromatic N) is 1. The van der Waals surface area contributed by atoms with Crippen LogP contribution in [0.2, 0.25) is 0 Å². The molecule has 2 amide bonds. The molecule has 6 heteroatoms. The van der Waals surface area contributed by atoms with Crippen LogP contribution in [0.1, 0.15) is 23.4 Å². The van der Waals surface area contributed by atoms with Gasteiger partial charge in [-0.1, -0.05) is 12.1 Å². The normalized spacial score (nSPS) is 14.2. The van der Waals surface area contributed by atoms with Gasteiger partial charge in [0.15, 0.2) is 11.5 Å². The standard InChI is InChI=1S/C17H20N2O3S/c1-12(16-4-3-9-23-16)18-17(20)19(2)11-13-5-6-14-15(10-13)22-8-7-21-14/h3-6,9-10,12H,7-8,11H2,1-2H3,(H,18,20)/t12-/m1/s1. The van der Waals surface area contributed by atoms with Crippen molar-refractivity contribution in [1.82, 2.24) is 10.2 Å². The number of hydrogen-bond acceptors (Lipinski definition) is 4. The van der Waals surface area contributed by atoms with Gasteiger partial charge in [0.1, 0.15) is 13.2 Å². The van der Waals surface area contributed by atoms with Gasteiger partial charge in [-0.3, -0.25) is 0 Å². The summed E-state index contributed by atoms with van der Waals surface area (Å²) in [5.74, 6) is 1.51. The zero-order chi connectivity index (χ0) is 16.2. The predicted octanol–water partition coefficient (Wildman–Crippen LogP) is 3.42. The molecule has 0 unspecified atom stereocenters. The summed E-state index contributed by atoms with van der Waals surface area (Å²) in [6, 6.07) is 9.70. The summed E-state index contributed by atoms with van der Waals surface area (Å²) in [5.41, 5.74) is 1.01. The molecule has 1 aliphatic heterocycles. The van der Waals surface area contributed by atoms with E-state index in [4.69, 9.17) is 9.47 Å². The highest BCUT2D eigenvalue weighted by atomic mass is 32.1. The summed E-state index contributed by atoms with van der Waals surface area (Å²) < 4.78 is 11.1. The van der Waals surface area contributed by atoms with Gasteiger partial charge in [-0.05, 0) is 36.1 Å². The van der Waals surface area contributed by atoms with Crippen molar-refractivity contribution in [2.24, 2.45) is 0 Å². The number of hydrogen-bond donors (Lipinski definition) is 1. The molecule has 23 heavy (non-hydrogen) atoms. The number of urea groups is 1. The number of nitrogens with one attached hydrogen (secondary N) is 1. The van der Waals surface area contributed by atoms with Crippen LogP contribution in [0.15, 0.2) is 35.7 Å². The molecule has 5 nitrogen and oxygen atoms in total. The van der Waals surface area contributed by atoms with Crippen molar-refractivity contribution < 1.29 is 14.3 Å². The Balaban J connectivity index is 1.60. The summed E-state index contributed by atoms with van der Waals surface area (Å²) in [6.07, 6.45) is 0. The van der Waals surface area contributed by atoms with Crippen LogP contribution in [-0.4, -0.2) is 31.2 Å². The highest BCUT2D eigenvalue weighted by Crippen LogP contribution is 2.31. The van der Waals surface area contributed by atoms with Crippen molar-refractivity contribution in [3.8, 4) is 11.5 Å². The van der Waals surface area contributed by atoms with Gasteiger partial charge >= 0.3 is 6.03 Å². The number of thiophene rings is 1. The topological polar surface area (TPSA) is 50.8 Å². The van der Waals surface area contributed by atoms with E-state index in [9.17, 15) is 4.79 Å². The molecule has 1 aromatic carbocycles. The lowest BCUT2D eigenvalue weighted by atomic mass is 10.2. The first-order valence-electron chi connectivity index (χ1n) is 7.57. The molecule has 0 saturated heterocycles. The molecule has 0 aliphatic carbocycles. The second kappa shape index (κ2) is 6.91. The molecule has 1 aromatic heterocycles. The second-order valence-corrected chi connectivity index (χ2v) is 6.50. The van der Waals surface area contributed by atoms with Crippen molar-refractivity contribution >= 4 is 17.4 Å². The quantitative estimate of drug-likeness (QED) is 0.933. The van der Waals surface area contributed by atoms with Crippen molar-refractivity contribution in [2.45, 2.75) is 19.5 Å². The molecular weight excluding hydrogens is 312 g/mol. The molecule has 0 bridgehead atoms. The zero-order valence-electron chi connectivity index (χ0n) is 13.2. The Labute approximate surface area is 139 Å². The molecule has 1 atom stereocenters. The Bertz CT molecular complexity index is 672. The molecule has 2 heterocycles. The fourth-order valence-corrected chi connectivity index (χ4v) is 3.17. The summed E-state index contributed by atoms with van der Waals surface area (Å²) in [6.45, 7) is 3.64. The maximum atomic E-state index is 12.3. The van der Waals surface area contributed by atoms with Gasteiger partial charge in [-0.2, -0.15) is 0 Å². The minimum atomic E-state index is -0.0965. The first kappa shape index (κ1) is 15.7. The van der Waals surface area contributed by atoms with E-state index in [1.54, 1.807) is 23.3 Å². The van der Waals surface area contributed by atoms with Gasteiger partial charge in [-0.15, -0.1) is 11.3 Å². The predicted molar refractivity (Wildman–Crippen MR) is 90.2 cm³/mol. The third-order valence-corrected chi connectivity index (χ3v) is 4.74. The first-order valence-corrected chi connectivity index (χ1v) is 8.45. The average Bonchev–Trinajstić information content (AvgIpc) is 3.09. The van der Waals surface area contributed by atoms with Crippen LogP contribution in [0.25, 0.3) is 0 Å². The Morgan fingerprint density at radius 1 is 1.30 bits per heavy atom. The van der Waals surface area contributed by atoms with E-state index >= 15 is 0 Å². The van der Waals surface area contributed by atoms with Gasteiger partial charge in [0.05, 0.1) is 6.04 Å². The first-order chi connectivity index (χ1) is 11.1. The van der Waals surface area contributed by atoms with Crippen molar-refractivity contribution in [3.05, 3.63) is 46.2 Å². The maximum absolute atomic E-state index is 12.3. The van der Waals surface area contributed by atoms with Crippen LogP contribution in [0.4, 0.5) is 4.79 Å². The number of carbonyl (C=O) groups excluding carboxylic acids is 1. The van der Waals surface area contributed by atoms with E-state index < -0.39 is 0 Å². The van der Waals surface area contributed by atoms with Crippen molar-refractivity contribution in [1.29, 1.82) is 0 Å². The molecule has 1 aliphatic rings. The number of benzene rings is 1. The van der Waals surface area contributed by atoms with Gasteiger partial charge in [0.2, 0.25) is 0 Å². The fourth-order valence-electron chi connectivity index (χ4n) is 2.44. The van der Waals surface area contributed by atoms with Crippen LogP contribution in [0, 0.1) is 0 Å². The van der Waals surface area contributed by atoms with Crippen LogP contribution < -0.4 is 14.8 Å². The van der Waals surface area contributed by atoms with E-state index in [0.717, 1.165) is 21.9 Å². The smallest absolute Gasteiger partial charge is 0.317 e. The molecule has 1 N–H and O–H groups in total. The molecule has 122 valence electrons. The number of rotatable bonds is 4. The summed E-state index contributed by atoms with van der Waals surface area (Å²) in [4.78, 5) is 15.1. The van der Waals surface area contributed by atoms with Crippen LogP contribution in [0.3, 0.4) is 0 Å².